The quantitative estimate of drug-likeness (QED) is 0.383. The van der Waals surface area contributed by atoms with Crippen LogP contribution in [0.3, 0.4) is 0 Å². The third kappa shape index (κ3) is 7.93. The van der Waals surface area contributed by atoms with Crippen molar-refractivity contribution in [3.05, 3.63) is 30.1 Å². The molecule has 0 saturated carbocycles. The summed E-state index contributed by atoms with van der Waals surface area (Å²) < 4.78 is 0. The molecule has 1 rings (SSSR count). The largest absolute Gasteiger partial charge is 0.355 e. The van der Waals surface area contributed by atoms with Gasteiger partial charge in [0.15, 0.2) is 5.96 Å². The molecule has 1 heterocycles. The molecule has 0 aliphatic rings. The van der Waals surface area contributed by atoms with Crippen LogP contribution in [0.4, 0.5) is 0 Å². The molecule has 1 aromatic rings. The minimum absolute atomic E-state index is 0. The van der Waals surface area contributed by atoms with Gasteiger partial charge in [-0.05, 0) is 18.6 Å². The van der Waals surface area contributed by atoms with Crippen LogP contribution >= 0.6 is 24.0 Å². The maximum atomic E-state index is 11.4. The molecule has 3 N–H and O–H groups in total. The fourth-order valence-electron chi connectivity index (χ4n) is 1.39. The molecule has 0 fully saturated rings. The van der Waals surface area contributed by atoms with Crippen molar-refractivity contribution in [3.63, 3.8) is 0 Å². The Morgan fingerprint density at radius 1 is 1.30 bits per heavy atom. The number of carbonyl (C=O) groups is 1. The van der Waals surface area contributed by atoms with E-state index in [1.165, 1.54) is 0 Å². The zero-order valence-electron chi connectivity index (χ0n) is 11.8. The Morgan fingerprint density at radius 2 is 2.10 bits per heavy atom. The van der Waals surface area contributed by atoms with E-state index in [1.807, 2.05) is 25.1 Å². The Kier molecular flexibility index (Phi) is 10.7. The molecule has 0 aliphatic heterocycles. The molecule has 6 nitrogen and oxygen atoms in total. The number of aliphatic imine (C=N–C) groups is 1. The molecule has 0 unspecified atom stereocenters. The van der Waals surface area contributed by atoms with E-state index in [-0.39, 0.29) is 36.4 Å². The molecule has 112 valence electrons. The Bertz CT molecular complexity index is 410. The number of rotatable bonds is 6. The summed E-state index contributed by atoms with van der Waals surface area (Å²) in [5, 5.41) is 8.83. The van der Waals surface area contributed by atoms with E-state index in [0.29, 0.717) is 19.0 Å². The molecule has 0 aromatic carbocycles. The summed E-state index contributed by atoms with van der Waals surface area (Å²) in [7, 11) is 1.66. The monoisotopic (exact) mass is 391 g/mol. The molecule has 1 amide bonds. The van der Waals surface area contributed by atoms with Crippen LogP contribution in [0.5, 0.6) is 0 Å². The summed E-state index contributed by atoms with van der Waals surface area (Å²) in [5.41, 5.74) is 0.917. The number of carbonyl (C=O) groups excluding carboxylic acids is 1. The molecule has 0 bridgehead atoms. The maximum absolute atomic E-state index is 11.4. The van der Waals surface area contributed by atoms with Gasteiger partial charge in [0.25, 0.3) is 0 Å². The van der Waals surface area contributed by atoms with E-state index in [4.69, 9.17) is 0 Å². The Hall–Kier alpha value is -1.38. The van der Waals surface area contributed by atoms with Gasteiger partial charge >= 0.3 is 0 Å². The van der Waals surface area contributed by atoms with Crippen molar-refractivity contribution in [2.24, 2.45) is 4.99 Å². The molecule has 0 spiro atoms. The number of aromatic nitrogens is 1. The third-order valence-electron chi connectivity index (χ3n) is 2.38. The highest BCUT2D eigenvalue weighted by Gasteiger charge is 2.02. The summed E-state index contributed by atoms with van der Waals surface area (Å²) in [6, 6.07) is 5.72. The highest BCUT2D eigenvalue weighted by Crippen LogP contribution is 1.91. The molecule has 20 heavy (non-hydrogen) atoms. The highest BCUT2D eigenvalue weighted by molar-refractivity contribution is 14.0. The Balaban J connectivity index is 0.00000361. The summed E-state index contributed by atoms with van der Waals surface area (Å²) in [6.07, 6.45) is 2.67. The van der Waals surface area contributed by atoms with Gasteiger partial charge in [0, 0.05) is 19.8 Å². The lowest BCUT2D eigenvalue weighted by Gasteiger charge is -2.11. The number of nitrogens with one attached hydrogen (secondary N) is 3. The number of pyridine rings is 1. The van der Waals surface area contributed by atoms with E-state index in [1.54, 1.807) is 13.2 Å². The van der Waals surface area contributed by atoms with Crippen LogP contribution in [0.15, 0.2) is 29.4 Å². The number of amides is 1. The standard InChI is InChI=1S/C13H21N5O.HI/c1-3-7-16-12(19)10-18-13(14-2)17-9-11-6-4-5-8-15-11;/h4-6,8H,3,7,9-10H2,1-2H3,(H,16,19)(H2,14,17,18);1H. The van der Waals surface area contributed by atoms with Gasteiger partial charge in [0.1, 0.15) is 0 Å². The van der Waals surface area contributed by atoms with E-state index in [2.05, 4.69) is 25.9 Å². The van der Waals surface area contributed by atoms with Crippen molar-refractivity contribution in [1.82, 2.24) is 20.9 Å². The summed E-state index contributed by atoms with van der Waals surface area (Å²) >= 11 is 0. The second kappa shape index (κ2) is 11.4. The van der Waals surface area contributed by atoms with Crippen molar-refractivity contribution in [2.75, 3.05) is 20.1 Å². The van der Waals surface area contributed by atoms with Gasteiger partial charge in [-0.2, -0.15) is 0 Å². The number of nitrogens with zero attached hydrogens (tertiary/aromatic N) is 2. The second-order valence-electron chi connectivity index (χ2n) is 3.95. The first-order valence-electron chi connectivity index (χ1n) is 6.37. The predicted octanol–water partition coefficient (Wildman–Crippen LogP) is 0.891. The van der Waals surface area contributed by atoms with Crippen molar-refractivity contribution < 1.29 is 4.79 Å². The first kappa shape index (κ1) is 18.6. The van der Waals surface area contributed by atoms with E-state index in [0.717, 1.165) is 12.1 Å². The average molecular weight is 391 g/mol. The van der Waals surface area contributed by atoms with Gasteiger partial charge < -0.3 is 16.0 Å². The van der Waals surface area contributed by atoms with Crippen molar-refractivity contribution in [2.45, 2.75) is 19.9 Å². The summed E-state index contributed by atoms with van der Waals surface area (Å²) in [4.78, 5) is 19.7. The number of hydrogen-bond acceptors (Lipinski definition) is 3. The van der Waals surface area contributed by atoms with E-state index in [9.17, 15) is 4.79 Å². The summed E-state index contributed by atoms with van der Waals surface area (Å²) in [5.74, 6) is 0.542. The van der Waals surface area contributed by atoms with Crippen molar-refractivity contribution in [1.29, 1.82) is 0 Å². The fourth-order valence-corrected chi connectivity index (χ4v) is 1.39. The van der Waals surface area contributed by atoms with Gasteiger partial charge in [-0.15, -0.1) is 24.0 Å². The molecule has 0 atom stereocenters. The van der Waals surface area contributed by atoms with Crippen LogP contribution < -0.4 is 16.0 Å². The lowest BCUT2D eigenvalue weighted by molar-refractivity contribution is -0.120. The maximum Gasteiger partial charge on any atom is 0.239 e. The van der Waals surface area contributed by atoms with Crippen LogP contribution in [0.2, 0.25) is 0 Å². The third-order valence-corrected chi connectivity index (χ3v) is 2.38. The molecule has 0 saturated heterocycles. The zero-order chi connectivity index (χ0) is 13.9. The molecule has 0 radical (unpaired) electrons. The lowest BCUT2D eigenvalue weighted by atomic mass is 10.3. The van der Waals surface area contributed by atoms with Gasteiger partial charge in [-0.1, -0.05) is 13.0 Å². The first-order valence-corrected chi connectivity index (χ1v) is 6.37. The minimum atomic E-state index is -0.0392. The SMILES string of the molecule is CCCNC(=O)CNC(=NC)NCc1ccccn1.I. The van der Waals surface area contributed by atoms with Crippen LogP contribution in [0, 0.1) is 0 Å². The average Bonchev–Trinajstić information content (AvgIpc) is 2.46. The highest BCUT2D eigenvalue weighted by atomic mass is 127. The first-order chi connectivity index (χ1) is 9.26. The van der Waals surface area contributed by atoms with Crippen LogP contribution in [0.1, 0.15) is 19.0 Å². The van der Waals surface area contributed by atoms with Crippen LogP contribution in [-0.4, -0.2) is 37.0 Å². The number of halogens is 1. The van der Waals surface area contributed by atoms with Gasteiger partial charge in [-0.3, -0.25) is 14.8 Å². The molecule has 7 heteroatoms. The minimum Gasteiger partial charge on any atom is -0.355 e. The van der Waals surface area contributed by atoms with E-state index < -0.39 is 0 Å². The molecular weight excluding hydrogens is 369 g/mol. The van der Waals surface area contributed by atoms with Crippen LogP contribution in [-0.2, 0) is 11.3 Å². The topological polar surface area (TPSA) is 78.4 Å². The second-order valence-corrected chi connectivity index (χ2v) is 3.95. The smallest absolute Gasteiger partial charge is 0.239 e. The lowest BCUT2D eigenvalue weighted by Crippen LogP contribution is -2.43. The zero-order valence-corrected chi connectivity index (χ0v) is 14.2. The predicted molar refractivity (Wildman–Crippen MR) is 91.2 cm³/mol. The van der Waals surface area contributed by atoms with Crippen LogP contribution in [0.25, 0.3) is 0 Å². The van der Waals surface area contributed by atoms with E-state index >= 15 is 0 Å². The van der Waals surface area contributed by atoms with Gasteiger partial charge in [0.2, 0.25) is 5.91 Å². The number of hydrogen-bond donors (Lipinski definition) is 3. The van der Waals surface area contributed by atoms with Gasteiger partial charge in [0.05, 0.1) is 18.8 Å². The molecular formula is C13H22IN5O. The molecule has 1 aromatic heterocycles. The fraction of sp³-hybridized carbons (Fsp3) is 0.462. The Morgan fingerprint density at radius 3 is 2.70 bits per heavy atom. The summed E-state index contributed by atoms with van der Waals surface area (Å²) in [6.45, 7) is 3.49. The van der Waals surface area contributed by atoms with Gasteiger partial charge in [-0.25, -0.2) is 0 Å². The van der Waals surface area contributed by atoms with Crippen molar-refractivity contribution in [3.8, 4) is 0 Å². The normalized spacial score (nSPS) is 10.4. The molecule has 0 aliphatic carbocycles. The Labute approximate surface area is 136 Å². The number of guanidine groups is 1. The van der Waals surface area contributed by atoms with Crippen molar-refractivity contribution >= 4 is 35.8 Å².